The molecule has 0 amide bonds. The Balaban J connectivity index is 2.09. The Morgan fingerprint density at radius 2 is 2.11 bits per heavy atom. The molecule has 98 valence electrons. The van der Waals surface area contributed by atoms with Crippen molar-refractivity contribution in [1.82, 2.24) is 9.88 Å². The van der Waals surface area contributed by atoms with Crippen LogP contribution in [0.15, 0.2) is 24.3 Å². The summed E-state index contributed by atoms with van der Waals surface area (Å²) in [5.41, 5.74) is 0.938. The van der Waals surface area contributed by atoms with E-state index in [4.69, 9.17) is 0 Å². The molecule has 2 aromatic rings. The second kappa shape index (κ2) is 6.54. The maximum Gasteiger partial charge on any atom is 0.251 e. The first kappa shape index (κ1) is 13.8. The number of hydrogen-bond donors (Lipinski definition) is 0. The molecule has 2 rings (SSSR count). The normalized spacial score (nSPS) is 11.8. The molecule has 0 unspecified atom stereocenters. The minimum Gasteiger partial charge on any atom is -0.290 e. The summed E-state index contributed by atoms with van der Waals surface area (Å²) < 4.78 is 26.0. The highest BCUT2D eigenvalue weighted by Crippen LogP contribution is 2.22. The lowest BCUT2D eigenvalue weighted by atomic mass is 10.3. The van der Waals surface area contributed by atoms with E-state index in [2.05, 4.69) is 20.9 Å². The molecule has 0 spiro atoms. The highest BCUT2D eigenvalue weighted by Gasteiger charge is 2.14. The molecule has 2 nitrogen and oxygen atoms in total. The van der Waals surface area contributed by atoms with Gasteiger partial charge in [-0.25, -0.2) is 13.8 Å². The van der Waals surface area contributed by atoms with Gasteiger partial charge in [-0.3, -0.25) is 4.90 Å². The SMILES string of the molecule is FC(F)CN(CCBr)Cc1nc2ccccc2s1. The number of nitrogens with zero attached hydrogens (tertiary/aromatic N) is 2. The van der Waals surface area contributed by atoms with Crippen LogP contribution in [0.1, 0.15) is 5.01 Å². The molecule has 18 heavy (non-hydrogen) atoms. The number of thiazole rings is 1. The van der Waals surface area contributed by atoms with E-state index < -0.39 is 6.43 Å². The van der Waals surface area contributed by atoms with E-state index in [1.807, 2.05) is 24.3 Å². The van der Waals surface area contributed by atoms with E-state index in [0.717, 1.165) is 15.2 Å². The van der Waals surface area contributed by atoms with Gasteiger partial charge in [0.1, 0.15) is 5.01 Å². The first-order chi connectivity index (χ1) is 8.69. The fourth-order valence-corrected chi connectivity index (χ4v) is 3.24. The average Bonchev–Trinajstić information content (AvgIpc) is 2.70. The quantitative estimate of drug-likeness (QED) is 0.748. The molecule has 0 saturated carbocycles. The van der Waals surface area contributed by atoms with Crippen molar-refractivity contribution in [2.75, 3.05) is 18.4 Å². The molecule has 0 N–H and O–H groups in total. The third kappa shape index (κ3) is 3.70. The fourth-order valence-electron chi connectivity index (χ4n) is 1.73. The lowest BCUT2D eigenvalue weighted by Gasteiger charge is -2.19. The number of alkyl halides is 3. The lowest BCUT2D eigenvalue weighted by molar-refractivity contribution is 0.0881. The van der Waals surface area contributed by atoms with Crippen LogP contribution in [0.25, 0.3) is 10.2 Å². The van der Waals surface area contributed by atoms with E-state index in [1.54, 1.807) is 16.2 Å². The van der Waals surface area contributed by atoms with Gasteiger partial charge in [-0.2, -0.15) is 0 Å². The average molecular weight is 335 g/mol. The maximum atomic E-state index is 12.4. The summed E-state index contributed by atoms with van der Waals surface area (Å²) in [4.78, 5) is 6.18. The first-order valence-corrected chi connectivity index (χ1v) is 7.53. The van der Waals surface area contributed by atoms with Crippen molar-refractivity contribution in [3.8, 4) is 0 Å². The Labute approximate surface area is 117 Å². The molecule has 0 fully saturated rings. The minimum atomic E-state index is -2.31. The molecule has 0 aliphatic rings. The Morgan fingerprint density at radius 1 is 1.33 bits per heavy atom. The number of fused-ring (bicyclic) bond motifs is 1. The van der Waals surface area contributed by atoms with Crippen LogP contribution in [0.3, 0.4) is 0 Å². The number of halogens is 3. The Hall–Kier alpha value is -0.590. The van der Waals surface area contributed by atoms with Gasteiger partial charge in [0.2, 0.25) is 0 Å². The molecule has 0 atom stereocenters. The predicted molar refractivity (Wildman–Crippen MR) is 74.7 cm³/mol. The van der Waals surface area contributed by atoms with Gasteiger partial charge >= 0.3 is 0 Å². The zero-order valence-electron chi connectivity index (χ0n) is 9.65. The zero-order valence-corrected chi connectivity index (χ0v) is 12.1. The Kier molecular flexibility index (Phi) is 5.03. The van der Waals surface area contributed by atoms with Crippen LogP contribution in [0.5, 0.6) is 0 Å². The maximum absolute atomic E-state index is 12.4. The largest absolute Gasteiger partial charge is 0.290 e. The topological polar surface area (TPSA) is 16.1 Å². The van der Waals surface area contributed by atoms with Crippen molar-refractivity contribution in [3.63, 3.8) is 0 Å². The van der Waals surface area contributed by atoms with Crippen LogP contribution in [-0.4, -0.2) is 34.7 Å². The van der Waals surface area contributed by atoms with Crippen LogP contribution < -0.4 is 0 Å². The van der Waals surface area contributed by atoms with Gasteiger partial charge in [0.05, 0.1) is 23.3 Å². The summed E-state index contributed by atoms with van der Waals surface area (Å²) in [7, 11) is 0. The van der Waals surface area contributed by atoms with Gasteiger partial charge in [0, 0.05) is 11.9 Å². The molecule has 1 aromatic carbocycles. The van der Waals surface area contributed by atoms with Gasteiger partial charge in [0.25, 0.3) is 6.43 Å². The van der Waals surface area contributed by atoms with Crippen molar-refractivity contribution in [2.24, 2.45) is 0 Å². The molecule has 0 aliphatic carbocycles. The van der Waals surface area contributed by atoms with Crippen LogP contribution in [0.4, 0.5) is 8.78 Å². The zero-order chi connectivity index (χ0) is 13.0. The summed E-state index contributed by atoms with van der Waals surface area (Å²) in [6.07, 6.45) is -2.31. The van der Waals surface area contributed by atoms with E-state index in [-0.39, 0.29) is 6.54 Å². The van der Waals surface area contributed by atoms with Gasteiger partial charge in [-0.05, 0) is 12.1 Å². The standard InChI is InChI=1S/C12H13BrF2N2S/c13-5-6-17(7-11(14)15)8-12-16-9-3-1-2-4-10(9)18-12/h1-4,11H,5-8H2. The number of hydrogen-bond acceptors (Lipinski definition) is 3. The van der Waals surface area contributed by atoms with E-state index in [0.29, 0.717) is 18.4 Å². The fraction of sp³-hybridized carbons (Fsp3) is 0.417. The van der Waals surface area contributed by atoms with E-state index in [1.165, 1.54) is 0 Å². The third-order valence-corrected chi connectivity index (χ3v) is 3.87. The lowest BCUT2D eigenvalue weighted by Crippen LogP contribution is -2.30. The molecule has 0 radical (unpaired) electrons. The molecule has 0 saturated heterocycles. The van der Waals surface area contributed by atoms with Gasteiger partial charge in [-0.1, -0.05) is 28.1 Å². The summed E-state index contributed by atoms with van der Waals surface area (Å²) >= 11 is 4.85. The molecule has 1 aromatic heterocycles. The summed E-state index contributed by atoms with van der Waals surface area (Å²) in [6, 6.07) is 7.83. The van der Waals surface area contributed by atoms with Crippen molar-refractivity contribution < 1.29 is 8.78 Å². The molecule has 1 heterocycles. The van der Waals surface area contributed by atoms with Crippen molar-refractivity contribution in [2.45, 2.75) is 13.0 Å². The van der Waals surface area contributed by atoms with Crippen molar-refractivity contribution in [1.29, 1.82) is 0 Å². The second-order valence-electron chi connectivity index (χ2n) is 3.89. The van der Waals surface area contributed by atoms with Crippen molar-refractivity contribution in [3.05, 3.63) is 29.3 Å². The van der Waals surface area contributed by atoms with Crippen molar-refractivity contribution >= 4 is 37.5 Å². The van der Waals surface area contributed by atoms with Gasteiger partial charge < -0.3 is 0 Å². The molecule has 0 bridgehead atoms. The smallest absolute Gasteiger partial charge is 0.251 e. The number of rotatable bonds is 6. The first-order valence-electron chi connectivity index (χ1n) is 5.60. The summed E-state index contributed by atoms with van der Waals surface area (Å²) in [5.74, 6) is 0. The van der Waals surface area contributed by atoms with Crippen LogP contribution in [0.2, 0.25) is 0 Å². The third-order valence-electron chi connectivity index (χ3n) is 2.49. The molecular formula is C12H13BrF2N2S. The van der Waals surface area contributed by atoms with Crippen LogP contribution >= 0.6 is 27.3 Å². The summed E-state index contributed by atoms with van der Waals surface area (Å²) in [5, 5.41) is 1.57. The van der Waals surface area contributed by atoms with E-state index in [9.17, 15) is 8.78 Å². The van der Waals surface area contributed by atoms with Crippen LogP contribution in [0, 0.1) is 0 Å². The number of aromatic nitrogens is 1. The van der Waals surface area contributed by atoms with Crippen LogP contribution in [-0.2, 0) is 6.54 Å². The Bertz CT molecular complexity index is 471. The minimum absolute atomic E-state index is 0.207. The molecular weight excluding hydrogens is 322 g/mol. The monoisotopic (exact) mass is 334 g/mol. The predicted octanol–water partition coefficient (Wildman–Crippen LogP) is 3.76. The summed E-state index contributed by atoms with van der Waals surface area (Å²) in [6.45, 7) is 0.872. The molecule has 0 aliphatic heterocycles. The van der Waals surface area contributed by atoms with Gasteiger partial charge in [0.15, 0.2) is 0 Å². The highest BCUT2D eigenvalue weighted by molar-refractivity contribution is 9.09. The highest BCUT2D eigenvalue weighted by atomic mass is 79.9. The molecule has 6 heteroatoms. The number of benzene rings is 1. The Morgan fingerprint density at radius 3 is 2.78 bits per heavy atom. The van der Waals surface area contributed by atoms with E-state index >= 15 is 0 Å². The second-order valence-corrected chi connectivity index (χ2v) is 5.80. The number of para-hydroxylation sites is 1. The van der Waals surface area contributed by atoms with Gasteiger partial charge in [-0.15, -0.1) is 11.3 Å².